The molecule has 0 aromatic carbocycles. The molecule has 0 radical (unpaired) electrons. The molecule has 2 fully saturated rings. The number of nitrogens with zero attached hydrogens (tertiary/aromatic N) is 1. The Labute approximate surface area is 119 Å². The highest BCUT2D eigenvalue weighted by Gasteiger charge is 2.39. The van der Waals surface area contributed by atoms with Crippen LogP contribution < -0.4 is 5.32 Å². The van der Waals surface area contributed by atoms with E-state index < -0.39 is 0 Å². The predicted octanol–water partition coefficient (Wildman–Crippen LogP) is 1.79. The van der Waals surface area contributed by atoms with E-state index in [1.54, 1.807) is 0 Å². The molecule has 3 atom stereocenters. The van der Waals surface area contributed by atoms with Crippen LogP contribution in [0.15, 0.2) is 0 Å². The SMILES string of the molecule is CCC1NC(=O)C(CC)N(CC2CCCCS2)C1=O. The lowest BCUT2D eigenvalue weighted by Crippen LogP contribution is -2.63. The molecule has 2 aliphatic heterocycles. The lowest BCUT2D eigenvalue weighted by Gasteiger charge is -2.40. The number of carbonyl (C=O) groups excluding carboxylic acids is 2. The van der Waals surface area contributed by atoms with Crippen molar-refractivity contribution in [1.82, 2.24) is 10.2 Å². The topological polar surface area (TPSA) is 49.4 Å². The van der Waals surface area contributed by atoms with Crippen LogP contribution in [0.1, 0.15) is 46.0 Å². The standard InChI is InChI=1S/C14H24N2O2S/c1-3-11-14(18)16(12(4-2)13(17)15-11)9-10-7-5-6-8-19-10/h10-12H,3-9H2,1-2H3,(H,15,17). The highest BCUT2D eigenvalue weighted by molar-refractivity contribution is 7.99. The van der Waals surface area contributed by atoms with Gasteiger partial charge in [-0.05, 0) is 31.4 Å². The second-order valence-electron chi connectivity index (χ2n) is 5.37. The van der Waals surface area contributed by atoms with E-state index in [0.29, 0.717) is 18.1 Å². The maximum Gasteiger partial charge on any atom is 0.245 e. The van der Waals surface area contributed by atoms with Crippen LogP contribution in [0.2, 0.25) is 0 Å². The molecule has 2 aliphatic rings. The van der Waals surface area contributed by atoms with Gasteiger partial charge in [0.05, 0.1) is 0 Å². The first-order chi connectivity index (χ1) is 9.17. The molecule has 19 heavy (non-hydrogen) atoms. The fourth-order valence-electron chi connectivity index (χ4n) is 2.90. The summed E-state index contributed by atoms with van der Waals surface area (Å²) in [5, 5.41) is 3.36. The highest BCUT2D eigenvalue weighted by Crippen LogP contribution is 2.27. The summed E-state index contributed by atoms with van der Waals surface area (Å²) in [4.78, 5) is 26.4. The smallest absolute Gasteiger partial charge is 0.245 e. The minimum atomic E-state index is -0.316. The summed E-state index contributed by atoms with van der Waals surface area (Å²) >= 11 is 1.96. The lowest BCUT2D eigenvalue weighted by molar-refractivity contribution is -0.149. The van der Waals surface area contributed by atoms with Crippen molar-refractivity contribution >= 4 is 23.6 Å². The van der Waals surface area contributed by atoms with Crippen LogP contribution >= 0.6 is 11.8 Å². The molecule has 0 aromatic heterocycles. The Hall–Kier alpha value is -0.710. The monoisotopic (exact) mass is 284 g/mol. The predicted molar refractivity (Wildman–Crippen MR) is 78.1 cm³/mol. The number of hydrogen-bond acceptors (Lipinski definition) is 3. The van der Waals surface area contributed by atoms with E-state index in [9.17, 15) is 9.59 Å². The van der Waals surface area contributed by atoms with Crippen LogP contribution in [0, 0.1) is 0 Å². The minimum absolute atomic E-state index is 0.0229. The number of thioether (sulfide) groups is 1. The fraction of sp³-hybridized carbons (Fsp3) is 0.857. The molecule has 5 heteroatoms. The lowest BCUT2D eigenvalue weighted by atomic mass is 10.0. The quantitative estimate of drug-likeness (QED) is 0.856. The summed E-state index contributed by atoms with van der Waals surface area (Å²) in [6.07, 6.45) is 5.08. The van der Waals surface area contributed by atoms with E-state index in [4.69, 9.17) is 0 Å². The molecule has 4 nitrogen and oxygen atoms in total. The van der Waals surface area contributed by atoms with Gasteiger partial charge in [0, 0.05) is 11.8 Å². The van der Waals surface area contributed by atoms with Gasteiger partial charge in [0.1, 0.15) is 12.1 Å². The normalized spacial score (nSPS) is 32.3. The zero-order valence-corrected chi connectivity index (χ0v) is 12.7. The van der Waals surface area contributed by atoms with Crippen molar-refractivity contribution in [3.05, 3.63) is 0 Å². The molecule has 2 heterocycles. The van der Waals surface area contributed by atoms with Crippen molar-refractivity contribution in [3.63, 3.8) is 0 Å². The molecular formula is C14H24N2O2S. The van der Waals surface area contributed by atoms with E-state index in [2.05, 4.69) is 5.32 Å². The van der Waals surface area contributed by atoms with Crippen molar-refractivity contribution in [2.24, 2.45) is 0 Å². The summed E-state index contributed by atoms with van der Waals surface area (Å²) in [5.41, 5.74) is 0. The third-order valence-electron chi connectivity index (χ3n) is 4.05. The number of amides is 2. The Morgan fingerprint density at radius 2 is 2.05 bits per heavy atom. The minimum Gasteiger partial charge on any atom is -0.343 e. The largest absolute Gasteiger partial charge is 0.343 e. The molecule has 0 aliphatic carbocycles. The van der Waals surface area contributed by atoms with Crippen molar-refractivity contribution in [2.45, 2.75) is 63.3 Å². The number of hydrogen-bond donors (Lipinski definition) is 1. The Morgan fingerprint density at radius 3 is 2.63 bits per heavy atom. The second kappa shape index (κ2) is 6.64. The molecule has 2 rings (SSSR count). The van der Waals surface area contributed by atoms with Gasteiger partial charge in [-0.2, -0.15) is 11.8 Å². The van der Waals surface area contributed by atoms with Crippen LogP contribution in [-0.2, 0) is 9.59 Å². The van der Waals surface area contributed by atoms with Crippen LogP contribution in [-0.4, -0.2) is 46.3 Å². The number of carbonyl (C=O) groups is 2. The van der Waals surface area contributed by atoms with Gasteiger partial charge in [0.15, 0.2) is 0 Å². The van der Waals surface area contributed by atoms with Gasteiger partial charge < -0.3 is 10.2 Å². The second-order valence-corrected chi connectivity index (χ2v) is 6.78. The summed E-state index contributed by atoms with van der Waals surface area (Å²) < 4.78 is 0. The van der Waals surface area contributed by atoms with Crippen LogP contribution in [0.5, 0.6) is 0 Å². The Kier molecular flexibility index (Phi) is 5.13. The van der Waals surface area contributed by atoms with E-state index in [1.807, 2.05) is 30.5 Å². The third kappa shape index (κ3) is 3.25. The molecule has 0 aromatic rings. The number of piperazine rings is 1. The van der Waals surface area contributed by atoms with E-state index >= 15 is 0 Å². The third-order valence-corrected chi connectivity index (χ3v) is 5.43. The highest BCUT2D eigenvalue weighted by atomic mass is 32.2. The van der Waals surface area contributed by atoms with Crippen LogP contribution in [0.25, 0.3) is 0 Å². The van der Waals surface area contributed by atoms with Crippen molar-refractivity contribution in [1.29, 1.82) is 0 Å². The molecule has 0 saturated carbocycles. The molecule has 2 amide bonds. The van der Waals surface area contributed by atoms with Gasteiger partial charge in [-0.3, -0.25) is 9.59 Å². The first-order valence-electron chi connectivity index (χ1n) is 7.39. The van der Waals surface area contributed by atoms with Crippen molar-refractivity contribution < 1.29 is 9.59 Å². The van der Waals surface area contributed by atoms with Gasteiger partial charge in [-0.25, -0.2) is 0 Å². The average molecular weight is 284 g/mol. The van der Waals surface area contributed by atoms with Crippen LogP contribution in [0.3, 0.4) is 0 Å². The molecule has 2 saturated heterocycles. The average Bonchev–Trinajstić information content (AvgIpc) is 2.44. The van der Waals surface area contributed by atoms with Gasteiger partial charge in [0.25, 0.3) is 0 Å². The number of rotatable bonds is 4. The Morgan fingerprint density at radius 1 is 1.26 bits per heavy atom. The van der Waals surface area contributed by atoms with E-state index in [0.717, 1.165) is 6.54 Å². The van der Waals surface area contributed by atoms with Gasteiger partial charge in [-0.15, -0.1) is 0 Å². The molecule has 108 valence electrons. The first kappa shape index (κ1) is 14.7. The Balaban J connectivity index is 2.07. The van der Waals surface area contributed by atoms with Crippen molar-refractivity contribution in [2.75, 3.05) is 12.3 Å². The summed E-state index contributed by atoms with van der Waals surface area (Å²) in [7, 11) is 0. The Bertz CT molecular complexity index is 342. The number of nitrogens with one attached hydrogen (secondary N) is 1. The summed E-state index contributed by atoms with van der Waals surface area (Å²) in [6.45, 7) is 4.67. The molecule has 3 unspecified atom stereocenters. The molecule has 1 N–H and O–H groups in total. The van der Waals surface area contributed by atoms with Gasteiger partial charge in [-0.1, -0.05) is 20.3 Å². The summed E-state index contributed by atoms with van der Waals surface area (Å²) in [5.74, 6) is 1.32. The first-order valence-corrected chi connectivity index (χ1v) is 8.44. The van der Waals surface area contributed by atoms with Crippen molar-refractivity contribution in [3.8, 4) is 0 Å². The molecular weight excluding hydrogens is 260 g/mol. The molecule has 0 bridgehead atoms. The zero-order chi connectivity index (χ0) is 13.8. The van der Waals surface area contributed by atoms with E-state index in [-0.39, 0.29) is 23.9 Å². The van der Waals surface area contributed by atoms with Gasteiger partial charge >= 0.3 is 0 Å². The summed E-state index contributed by atoms with van der Waals surface area (Å²) in [6, 6.07) is -0.582. The maximum atomic E-state index is 12.4. The fourth-order valence-corrected chi connectivity index (χ4v) is 4.20. The van der Waals surface area contributed by atoms with E-state index in [1.165, 1.54) is 25.0 Å². The zero-order valence-electron chi connectivity index (χ0n) is 11.9. The maximum absolute atomic E-state index is 12.4. The molecule has 0 spiro atoms. The van der Waals surface area contributed by atoms with Gasteiger partial charge in [0.2, 0.25) is 11.8 Å². The van der Waals surface area contributed by atoms with Crippen LogP contribution in [0.4, 0.5) is 0 Å².